The van der Waals surface area contributed by atoms with Gasteiger partial charge in [0.2, 0.25) is 0 Å². The van der Waals surface area contributed by atoms with Gasteiger partial charge in [-0.05, 0) is 41.5 Å². The molecule has 0 fully saturated rings. The van der Waals surface area contributed by atoms with E-state index in [0.717, 1.165) is 56.3 Å². The third kappa shape index (κ3) is 4.35. The molecule has 21 heavy (non-hydrogen) atoms. The van der Waals surface area contributed by atoms with Crippen molar-refractivity contribution in [3.63, 3.8) is 0 Å². The third-order valence-electron chi connectivity index (χ3n) is 4.33. The fraction of sp³-hybridized carbons (Fsp3) is 0.647. The van der Waals surface area contributed by atoms with Crippen LogP contribution >= 0.6 is 11.6 Å². The molecular weight excluding hydrogens is 286 g/mol. The molecule has 0 aliphatic carbocycles. The molecular formula is C17H26ClNO2. The van der Waals surface area contributed by atoms with Crippen molar-refractivity contribution in [1.29, 1.82) is 0 Å². The number of hydrogen-bond acceptors (Lipinski definition) is 3. The number of benzene rings is 1. The van der Waals surface area contributed by atoms with Gasteiger partial charge < -0.3 is 14.8 Å². The molecule has 0 saturated heterocycles. The van der Waals surface area contributed by atoms with Crippen molar-refractivity contribution in [3.8, 4) is 5.75 Å². The van der Waals surface area contributed by atoms with Gasteiger partial charge in [-0.1, -0.05) is 25.4 Å². The molecule has 1 aliphatic rings. The Morgan fingerprint density at radius 2 is 2.24 bits per heavy atom. The maximum atomic E-state index is 6.26. The maximum Gasteiger partial charge on any atom is 0.125 e. The molecule has 1 heterocycles. The summed E-state index contributed by atoms with van der Waals surface area (Å²) >= 11 is 6.26. The molecule has 0 amide bonds. The first kappa shape index (κ1) is 16.6. The molecule has 3 nitrogen and oxygen atoms in total. The number of fused-ring (bicyclic) bond motifs is 1. The Morgan fingerprint density at radius 3 is 2.95 bits per heavy atom. The fourth-order valence-electron chi connectivity index (χ4n) is 2.81. The van der Waals surface area contributed by atoms with Gasteiger partial charge in [0.05, 0.1) is 13.2 Å². The summed E-state index contributed by atoms with van der Waals surface area (Å²) in [6.07, 6.45) is 3.05. The molecule has 0 bridgehead atoms. The highest BCUT2D eigenvalue weighted by Crippen LogP contribution is 2.37. The van der Waals surface area contributed by atoms with E-state index >= 15 is 0 Å². The lowest BCUT2D eigenvalue weighted by Crippen LogP contribution is -2.35. The summed E-state index contributed by atoms with van der Waals surface area (Å²) in [5.41, 5.74) is 2.69. The highest BCUT2D eigenvalue weighted by Gasteiger charge is 2.26. The van der Waals surface area contributed by atoms with E-state index in [-0.39, 0.29) is 5.41 Å². The van der Waals surface area contributed by atoms with E-state index in [1.807, 2.05) is 6.07 Å². The smallest absolute Gasteiger partial charge is 0.125 e. The van der Waals surface area contributed by atoms with Gasteiger partial charge in [0, 0.05) is 31.6 Å². The van der Waals surface area contributed by atoms with Crippen LogP contribution in [0.25, 0.3) is 0 Å². The number of ether oxygens (including phenoxy) is 2. The fourth-order valence-corrected chi connectivity index (χ4v) is 3.08. The van der Waals surface area contributed by atoms with Crippen molar-refractivity contribution in [2.45, 2.75) is 33.1 Å². The van der Waals surface area contributed by atoms with E-state index in [1.165, 1.54) is 11.1 Å². The van der Waals surface area contributed by atoms with Crippen molar-refractivity contribution >= 4 is 11.6 Å². The zero-order valence-corrected chi connectivity index (χ0v) is 14.1. The molecule has 0 radical (unpaired) electrons. The second kappa shape index (κ2) is 7.48. The van der Waals surface area contributed by atoms with Crippen molar-refractivity contribution in [2.24, 2.45) is 5.41 Å². The van der Waals surface area contributed by atoms with Crippen LogP contribution in [-0.2, 0) is 17.6 Å². The first-order chi connectivity index (χ1) is 10.1. The monoisotopic (exact) mass is 311 g/mol. The number of nitrogens with one attached hydrogen (secondary N) is 1. The predicted octanol–water partition coefficient (Wildman–Crippen LogP) is 3.47. The molecule has 1 aromatic rings. The largest absolute Gasteiger partial charge is 0.493 e. The standard InChI is InChI=1S/C17H26ClNO2/c1-4-17(2,12-19-6-8-20-3)11-14-10-15(18)9-13-5-7-21-16(13)14/h9-10,19H,4-8,11-12H2,1-3H3. The van der Waals surface area contributed by atoms with Crippen molar-refractivity contribution < 1.29 is 9.47 Å². The van der Waals surface area contributed by atoms with Crippen LogP contribution < -0.4 is 10.1 Å². The van der Waals surface area contributed by atoms with Crippen molar-refractivity contribution in [3.05, 3.63) is 28.3 Å². The van der Waals surface area contributed by atoms with Gasteiger partial charge in [0.15, 0.2) is 0 Å². The Bertz CT molecular complexity index is 478. The van der Waals surface area contributed by atoms with E-state index in [2.05, 4.69) is 25.2 Å². The Labute approximate surface area is 133 Å². The lowest BCUT2D eigenvalue weighted by atomic mass is 9.80. The quantitative estimate of drug-likeness (QED) is 0.746. The minimum absolute atomic E-state index is 0.193. The molecule has 2 rings (SSSR count). The number of methoxy groups -OCH3 is 1. The normalized spacial score (nSPS) is 16.4. The van der Waals surface area contributed by atoms with E-state index < -0.39 is 0 Å². The van der Waals surface area contributed by atoms with Gasteiger partial charge in [0.1, 0.15) is 5.75 Å². The SMILES string of the molecule is CCC(C)(CNCCOC)Cc1cc(Cl)cc2c1OCC2. The second-order valence-corrected chi connectivity index (χ2v) is 6.60. The van der Waals surface area contributed by atoms with Crippen LogP contribution in [0.15, 0.2) is 12.1 Å². The molecule has 1 atom stereocenters. The second-order valence-electron chi connectivity index (χ2n) is 6.16. The summed E-state index contributed by atoms with van der Waals surface area (Å²) in [7, 11) is 1.73. The van der Waals surface area contributed by atoms with Crippen molar-refractivity contribution in [1.82, 2.24) is 5.32 Å². The summed E-state index contributed by atoms with van der Waals surface area (Å²) in [5, 5.41) is 4.30. The minimum atomic E-state index is 0.193. The van der Waals surface area contributed by atoms with E-state index in [9.17, 15) is 0 Å². The summed E-state index contributed by atoms with van der Waals surface area (Å²) in [6.45, 7) is 7.93. The van der Waals surface area contributed by atoms with Gasteiger partial charge in [-0.3, -0.25) is 0 Å². The highest BCUT2D eigenvalue weighted by atomic mass is 35.5. The van der Waals surface area contributed by atoms with Gasteiger partial charge in [0.25, 0.3) is 0 Å². The molecule has 1 aliphatic heterocycles. The summed E-state index contributed by atoms with van der Waals surface area (Å²) < 4.78 is 10.9. The predicted molar refractivity (Wildman–Crippen MR) is 87.5 cm³/mol. The zero-order chi connectivity index (χ0) is 15.3. The number of hydrogen-bond donors (Lipinski definition) is 1. The van der Waals surface area contributed by atoms with Crippen LogP contribution in [0, 0.1) is 5.41 Å². The molecule has 0 spiro atoms. The van der Waals surface area contributed by atoms with Gasteiger partial charge >= 0.3 is 0 Å². The lowest BCUT2D eigenvalue weighted by Gasteiger charge is -2.29. The third-order valence-corrected chi connectivity index (χ3v) is 4.55. The summed E-state index contributed by atoms with van der Waals surface area (Å²) in [6, 6.07) is 4.10. The van der Waals surface area contributed by atoms with Gasteiger partial charge in [-0.2, -0.15) is 0 Å². The molecule has 1 aromatic carbocycles. The van der Waals surface area contributed by atoms with Crippen LogP contribution in [0.4, 0.5) is 0 Å². The van der Waals surface area contributed by atoms with Gasteiger partial charge in [-0.15, -0.1) is 0 Å². The van der Waals surface area contributed by atoms with E-state index in [4.69, 9.17) is 21.1 Å². The Kier molecular flexibility index (Phi) is 5.91. The van der Waals surface area contributed by atoms with E-state index in [0.29, 0.717) is 0 Å². The summed E-state index contributed by atoms with van der Waals surface area (Å²) in [5.74, 6) is 1.07. The van der Waals surface area contributed by atoms with Gasteiger partial charge in [-0.25, -0.2) is 0 Å². The molecule has 1 N–H and O–H groups in total. The molecule has 1 unspecified atom stereocenters. The Hall–Kier alpha value is -0.770. The summed E-state index contributed by atoms with van der Waals surface area (Å²) in [4.78, 5) is 0. The van der Waals surface area contributed by atoms with Crippen LogP contribution in [0.3, 0.4) is 0 Å². The lowest BCUT2D eigenvalue weighted by molar-refractivity contribution is 0.191. The topological polar surface area (TPSA) is 30.5 Å². The zero-order valence-electron chi connectivity index (χ0n) is 13.3. The molecule has 4 heteroatoms. The number of rotatable bonds is 8. The molecule has 118 valence electrons. The maximum absolute atomic E-state index is 6.26. The highest BCUT2D eigenvalue weighted by molar-refractivity contribution is 6.30. The van der Waals surface area contributed by atoms with Crippen LogP contribution in [-0.4, -0.2) is 33.4 Å². The first-order valence-corrected chi connectivity index (χ1v) is 8.09. The van der Waals surface area contributed by atoms with Crippen LogP contribution in [0.2, 0.25) is 5.02 Å². The Morgan fingerprint density at radius 1 is 1.43 bits per heavy atom. The number of halogens is 1. The minimum Gasteiger partial charge on any atom is -0.493 e. The first-order valence-electron chi connectivity index (χ1n) is 7.72. The average Bonchev–Trinajstić information content (AvgIpc) is 2.92. The molecule has 0 saturated carbocycles. The van der Waals surface area contributed by atoms with Crippen LogP contribution in [0.1, 0.15) is 31.4 Å². The van der Waals surface area contributed by atoms with Crippen molar-refractivity contribution in [2.75, 3.05) is 33.4 Å². The average molecular weight is 312 g/mol. The van der Waals surface area contributed by atoms with E-state index in [1.54, 1.807) is 7.11 Å². The molecule has 0 aromatic heterocycles. The Balaban J connectivity index is 2.07. The van der Waals surface area contributed by atoms with Crippen LogP contribution in [0.5, 0.6) is 5.75 Å².